The molecule has 0 bridgehead atoms. The minimum atomic E-state index is 0.221. The van der Waals surface area contributed by atoms with Gasteiger partial charge in [-0.1, -0.05) is 30.3 Å². The maximum Gasteiger partial charge on any atom is 0.0324 e. The molecule has 1 atom stereocenters. The maximum absolute atomic E-state index is 6.24. The lowest BCUT2D eigenvalue weighted by molar-refractivity contribution is 0.322. The lowest BCUT2D eigenvalue weighted by Crippen LogP contribution is -2.33. The summed E-state index contributed by atoms with van der Waals surface area (Å²) in [5.41, 5.74) is 7.52. The molecule has 1 aliphatic heterocycles. The average molecular weight is 190 g/mol. The minimum absolute atomic E-state index is 0.221. The van der Waals surface area contributed by atoms with Crippen molar-refractivity contribution in [2.24, 2.45) is 11.7 Å². The van der Waals surface area contributed by atoms with Crippen molar-refractivity contribution in [1.82, 2.24) is 5.32 Å². The van der Waals surface area contributed by atoms with Crippen LogP contribution in [0.2, 0.25) is 0 Å². The van der Waals surface area contributed by atoms with E-state index in [9.17, 15) is 0 Å². The van der Waals surface area contributed by atoms with Crippen LogP contribution in [0.5, 0.6) is 0 Å². The minimum Gasteiger partial charge on any atom is -0.324 e. The van der Waals surface area contributed by atoms with Gasteiger partial charge in [-0.2, -0.15) is 0 Å². The highest BCUT2D eigenvalue weighted by Gasteiger charge is 2.20. The van der Waals surface area contributed by atoms with Crippen molar-refractivity contribution in [2.75, 3.05) is 13.1 Å². The van der Waals surface area contributed by atoms with Crippen LogP contribution >= 0.6 is 0 Å². The molecule has 0 aliphatic carbocycles. The normalized spacial score (nSPS) is 20.6. The van der Waals surface area contributed by atoms with E-state index in [0.717, 1.165) is 13.1 Å². The summed E-state index contributed by atoms with van der Waals surface area (Å²) in [4.78, 5) is 0. The number of rotatable bonds is 2. The Bertz CT molecular complexity index is 265. The van der Waals surface area contributed by atoms with Crippen LogP contribution in [0.25, 0.3) is 0 Å². The second kappa shape index (κ2) is 4.58. The molecule has 1 aromatic rings. The third kappa shape index (κ3) is 2.14. The van der Waals surface area contributed by atoms with Crippen LogP contribution in [0.3, 0.4) is 0 Å². The monoisotopic (exact) mass is 190 g/mol. The quantitative estimate of drug-likeness (QED) is 0.744. The molecule has 0 saturated carbocycles. The van der Waals surface area contributed by atoms with Crippen LogP contribution in [0.15, 0.2) is 30.3 Å². The Morgan fingerprint density at radius 1 is 1.14 bits per heavy atom. The Morgan fingerprint density at radius 3 is 2.43 bits per heavy atom. The van der Waals surface area contributed by atoms with Gasteiger partial charge in [0, 0.05) is 6.04 Å². The van der Waals surface area contributed by atoms with Gasteiger partial charge in [-0.3, -0.25) is 0 Å². The zero-order valence-electron chi connectivity index (χ0n) is 8.45. The van der Waals surface area contributed by atoms with Crippen molar-refractivity contribution in [2.45, 2.75) is 18.9 Å². The fourth-order valence-corrected chi connectivity index (χ4v) is 2.15. The molecule has 2 nitrogen and oxygen atoms in total. The first kappa shape index (κ1) is 9.69. The number of hydrogen-bond acceptors (Lipinski definition) is 2. The van der Waals surface area contributed by atoms with Crippen molar-refractivity contribution in [1.29, 1.82) is 0 Å². The SMILES string of the molecule is N[C@@H](c1ccccc1)C1CCNCC1. The van der Waals surface area contributed by atoms with Crippen LogP contribution in [0, 0.1) is 5.92 Å². The number of nitrogens with two attached hydrogens (primary N) is 1. The molecule has 1 saturated heterocycles. The van der Waals surface area contributed by atoms with E-state index in [2.05, 4.69) is 29.6 Å². The molecule has 0 aromatic heterocycles. The molecule has 0 spiro atoms. The van der Waals surface area contributed by atoms with Gasteiger partial charge in [0.1, 0.15) is 0 Å². The lowest BCUT2D eigenvalue weighted by Gasteiger charge is -2.28. The van der Waals surface area contributed by atoms with Gasteiger partial charge in [0.15, 0.2) is 0 Å². The van der Waals surface area contributed by atoms with Gasteiger partial charge in [-0.05, 0) is 37.4 Å². The zero-order valence-corrected chi connectivity index (χ0v) is 8.45. The maximum atomic E-state index is 6.24. The summed E-state index contributed by atoms with van der Waals surface area (Å²) >= 11 is 0. The van der Waals surface area contributed by atoms with Gasteiger partial charge in [-0.25, -0.2) is 0 Å². The summed E-state index contributed by atoms with van der Waals surface area (Å²) in [7, 11) is 0. The second-order valence-electron chi connectivity index (χ2n) is 4.02. The van der Waals surface area contributed by atoms with Crippen molar-refractivity contribution < 1.29 is 0 Å². The summed E-state index contributed by atoms with van der Waals surface area (Å²) in [6.45, 7) is 2.23. The smallest absolute Gasteiger partial charge is 0.0324 e. The standard InChI is InChI=1S/C12H18N2/c13-12(10-4-2-1-3-5-10)11-6-8-14-9-7-11/h1-5,11-12,14H,6-9,13H2/t12-/m0/s1. The number of hydrogen-bond donors (Lipinski definition) is 2. The second-order valence-corrected chi connectivity index (χ2v) is 4.02. The van der Waals surface area contributed by atoms with E-state index in [-0.39, 0.29) is 6.04 Å². The molecule has 1 aromatic carbocycles. The zero-order chi connectivity index (χ0) is 9.80. The van der Waals surface area contributed by atoms with Crippen LogP contribution < -0.4 is 11.1 Å². The van der Waals surface area contributed by atoms with Gasteiger partial charge in [0.2, 0.25) is 0 Å². The summed E-state index contributed by atoms with van der Waals surface area (Å²) in [5, 5.41) is 3.37. The summed E-state index contributed by atoms with van der Waals surface area (Å²) in [6, 6.07) is 10.7. The Kier molecular flexibility index (Phi) is 3.17. The third-order valence-electron chi connectivity index (χ3n) is 3.08. The predicted octanol–water partition coefficient (Wildman–Crippen LogP) is 1.69. The molecule has 76 valence electrons. The van der Waals surface area contributed by atoms with Crippen molar-refractivity contribution >= 4 is 0 Å². The van der Waals surface area contributed by atoms with E-state index in [1.807, 2.05) is 6.07 Å². The highest BCUT2D eigenvalue weighted by molar-refractivity contribution is 5.19. The Hall–Kier alpha value is -0.860. The Labute approximate surface area is 85.5 Å². The highest BCUT2D eigenvalue weighted by atomic mass is 14.9. The van der Waals surface area contributed by atoms with Gasteiger partial charge in [0.05, 0.1) is 0 Å². The van der Waals surface area contributed by atoms with E-state index in [0.29, 0.717) is 5.92 Å². The first-order chi connectivity index (χ1) is 6.88. The van der Waals surface area contributed by atoms with Crippen LogP contribution in [-0.2, 0) is 0 Å². The molecule has 2 heteroatoms. The van der Waals surface area contributed by atoms with E-state index in [1.54, 1.807) is 0 Å². The summed E-state index contributed by atoms with van der Waals surface area (Å²) < 4.78 is 0. The predicted molar refractivity (Wildman–Crippen MR) is 59.0 cm³/mol. The first-order valence-electron chi connectivity index (χ1n) is 5.39. The molecule has 1 heterocycles. The molecule has 14 heavy (non-hydrogen) atoms. The molecule has 1 fully saturated rings. The van der Waals surface area contributed by atoms with Gasteiger partial charge < -0.3 is 11.1 Å². The highest BCUT2D eigenvalue weighted by Crippen LogP contribution is 2.26. The fourth-order valence-electron chi connectivity index (χ4n) is 2.15. The summed E-state index contributed by atoms with van der Waals surface area (Å²) in [6.07, 6.45) is 2.41. The molecule has 0 unspecified atom stereocenters. The largest absolute Gasteiger partial charge is 0.324 e. The molecule has 3 N–H and O–H groups in total. The lowest BCUT2D eigenvalue weighted by atomic mass is 9.87. The van der Waals surface area contributed by atoms with Gasteiger partial charge >= 0.3 is 0 Å². The molecule has 0 radical (unpaired) electrons. The molecular formula is C12H18N2. The third-order valence-corrected chi connectivity index (χ3v) is 3.08. The Morgan fingerprint density at radius 2 is 1.79 bits per heavy atom. The molecule has 0 amide bonds. The number of piperidine rings is 1. The average Bonchev–Trinajstić information content (AvgIpc) is 2.30. The molecule has 1 aliphatic rings. The van der Waals surface area contributed by atoms with Gasteiger partial charge in [0.25, 0.3) is 0 Å². The van der Waals surface area contributed by atoms with E-state index < -0.39 is 0 Å². The van der Waals surface area contributed by atoms with Crippen LogP contribution in [0.1, 0.15) is 24.4 Å². The number of nitrogens with one attached hydrogen (secondary N) is 1. The van der Waals surface area contributed by atoms with Gasteiger partial charge in [-0.15, -0.1) is 0 Å². The number of benzene rings is 1. The fraction of sp³-hybridized carbons (Fsp3) is 0.500. The van der Waals surface area contributed by atoms with E-state index in [4.69, 9.17) is 5.73 Å². The topological polar surface area (TPSA) is 38.0 Å². The molecule has 2 rings (SSSR count). The Balaban J connectivity index is 2.03. The van der Waals surface area contributed by atoms with Crippen LogP contribution in [-0.4, -0.2) is 13.1 Å². The van der Waals surface area contributed by atoms with Crippen molar-refractivity contribution in [3.05, 3.63) is 35.9 Å². The van der Waals surface area contributed by atoms with Crippen LogP contribution in [0.4, 0.5) is 0 Å². The molecular weight excluding hydrogens is 172 g/mol. The van der Waals surface area contributed by atoms with Crippen molar-refractivity contribution in [3.63, 3.8) is 0 Å². The van der Waals surface area contributed by atoms with E-state index in [1.165, 1.54) is 18.4 Å². The van der Waals surface area contributed by atoms with Crippen molar-refractivity contribution in [3.8, 4) is 0 Å². The summed E-state index contributed by atoms with van der Waals surface area (Å²) in [5.74, 6) is 0.652. The van der Waals surface area contributed by atoms with E-state index >= 15 is 0 Å². The first-order valence-corrected chi connectivity index (χ1v) is 5.39.